The fourth-order valence-electron chi connectivity index (χ4n) is 0.351. The van der Waals surface area contributed by atoms with E-state index in [0.29, 0.717) is 0 Å². The van der Waals surface area contributed by atoms with Crippen molar-refractivity contribution in [1.82, 2.24) is 5.32 Å². The summed E-state index contributed by atoms with van der Waals surface area (Å²) in [5.41, 5.74) is 0. The van der Waals surface area contributed by atoms with E-state index in [0.717, 1.165) is 12.3 Å². The first kappa shape index (κ1) is 7.37. The number of rotatable bonds is 4. The van der Waals surface area contributed by atoms with Gasteiger partial charge in [-0.05, 0) is 12.7 Å². The maximum Gasteiger partial charge on any atom is 0.134 e. The summed E-state index contributed by atoms with van der Waals surface area (Å²) in [6.45, 7) is 2.17. The van der Waals surface area contributed by atoms with E-state index < -0.39 is 0 Å². The van der Waals surface area contributed by atoms with Gasteiger partial charge in [0.1, 0.15) is 7.28 Å². The summed E-state index contributed by atoms with van der Waals surface area (Å²) < 4.78 is 0. The summed E-state index contributed by atoms with van der Waals surface area (Å²) in [6.07, 6.45) is 3.25. The molecule has 1 nitrogen and oxygen atoms in total. The minimum Gasteiger partial charge on any atom is -0.316 e. The first-order valence-electron chi connectivity index (χ1n) is 2.61. The molecule has 0 saturated heterocycles. The van der Waals surface area contributed by atoms with Crippen molar-refractivity contribution < 1.29 is 0 Å². The lowest BCUT2D eigenvalue weighted by Gasteiger charge is -1.94. The van der Waals surface area contributed by atoms with Gasteiger partial charge in [0.05, 0.1) is 0 Å². The summed E-state index contributed by atoms with van der Waals surface area (Å²) in [6, 6.07) is 0. The molecule has 0 aliphatic rings. The second kappa shape index (κ2) is 6.37. The SMILES string of the molecule is CBCNCSC. The van der Waals surface area contributed by atoms with Crippen LogP contribution < -0.4 is 5.32 Å². The molecule has 7 heavy (non-hydrogen) atoms. The Kier molecular flexibility index (Phi) is 6.72. The third-order valence-corrected chi connectivity index (χ3v) is 1.17. The monoisotopic (exact) mass is 117 g/mol. The Morgan fingerprint density at radius 3 is 2.86 bits per heavy atom. The minimum absolute atomic E-state index is 1.09. The molecule has 3 heteroatoms. The quantitative estimate of drug-likeness (QED) is 0.323. The third kappa shape index (κ3) is 6.37. The molecule has 42 valence electrons. The second-order valence-electron chi connectivity index (χ2n) is 1.43. The lowest BCUT2D eigenvalue weighted by Crippen LogP contribution is -2.17. The van der Waals surface area contributed by atoms with Gasteiger partial charge in [-0.15, -0.1) is 11.8 Å². The Morgan fingerprint density at radius 1 is 1.71 bits per heavy atom. The molecule has 1 N–H and O–H groups in total. The molecule has 0 saturated carbocycles. The van der Waals surface area contributed by atoms with Gasteiger partial charge in [-0.2, -0.15) is 0 Å². The largest absolute Gasteiger partial charge is 0.316 e. The van der Waals surface area contributed by atoms with Crippen molar-refractivity contribution >= 4 is 19.0 Å². The van der Waals surface area contributed by atoms with Crippen molar-refractivity contribution in [3.63, 3.8) is 0 Å². The smallest absolute Gasteiger partial charge is 0.134 e. The van der Waals surface area contributed by atoms with Crippen LogP contribution in [-0.4, -0.2) is 25.9 Å². The average Bonchev–Trinajstić information content (AvgIpc) is 1.69. The molecule has 0 bridgehead atoms. The van der Waals surface area contributed by atoms with Crippen molar-refractivity contribution in [2.75, 3.05) is 18.6 Å². The molecular formula is C4H12BNS. The average molecular weight is 117 g/mol. The Morgan fingerprint density at radius 2 is 2.43 bits per heavy atom. The standard InChI is InChI=1S/C4H12BNS/c1-5-3-6-4-7-2/h5-6H,3-4H2,1-2H3. The van der Waals surface area contributed by atoms with Gasteiger partial charge in [-0.25, -0.2) is 0 Å². The zero-order valence-corrected chi connectivity index (χ0v) is 5.85. The van der Waals surface area contributed by atoms with Gasteiger partial charge >= 0.3 is 0 Å². The molecule has 0 spiro atoms. The van der Waals surface area contributed by atoms with Gasteiger partial charge in [0, 0.05) is 5.88 Å². The van der Waals surface area contributed by atoms with Crippen LogP contribution in [0.15, 0.2) is 0 Å². The highest BCUT2D eigenvalue weighted by molar-refractivity contribution is 7.98. The fraction of sp³-hybridized carbons (Fsp3) is 1.00. The van der Waals surface area contributed by atoms with Gasteiger partial charge in [0.25, 0.3) is 0 Å². The number of hydrogen-bond acceptors (Lipinski definition) is 2. The van der Waals surface area contributed by atoms with E-state index in [1.807, 2.05) is 11.8 Å². The van der Waals surface area contributed by atoms with Crippen molar-refractivity contribution in [2.45, 2.75) is 6.82 Å². The van der Waals surface area contributed by atoms with E-state index in [1.54, 1.807) is 0 Å². The lowest BCUT2D eigenvalue weighted by atomic mass is 9.83. The molecule has 0 rings (SSSR count). The summed E-state index contributed by atoms with van der Waals surface area (Å²) in [4.78, 5) is 0. The topological polar surface area (TPSA) is 12.0 Å². The van der Waals surface area contributed by atoms with E-state index in [9.17, 15) is 0 Å². The molecule has 0 aliphatic heterocycles. The first-order valence-corrected chi connectivity index (χ1v) is 4.00. The van der Waals surface area contributed by atoms with Crippen molar-refractivity contribution in [3.05, 3.63) is 0 Å². The normalized spacial score (nSPS) is 8.86. The molecule has 0 unspecified atom stereocenters. The highest BCUT2D eigenvalue weighted by atomic mass is 32.2. The fourth-order valence-corrected chi connectivity index (χ4v) is 0.699. The zero-order chi connectivity index (χ0) is 5.54. The number of nitrogens with one attached hydrogen (secondary N) is 1. The third-order valence-electron chi connectivity index (χ3n) is 0.673. The maximum absolute atomic E-state index is 3.25. The van der Waals surface area contributed by atoms with Gasteiger partial charge in [0.2, 0.25) is 0 Å². The van der Waals surface area contributed by atoms with E-state index >= 15 is 0 Å². The molecule has 0 atom stereocenters. The first-order chi connectivity index (χ1) is 3.41. The van der Waals surface area contributed by atoms with Crippen LogP contribution in [0, 0.1) is 0 Å². The molecule has 0 aromatic heterocycles. The number of thioether (sulfide) groups is 1. The highest BCUT2D eigenvalue weighted by Gasteiger charge is 1.78. The molecule has 0 aliphatic carbocycles. The second-order valence-corrected chi connectivity index (χ2v) is 2.30. The highest BCUT2D eigenvalue weighted by Crippen LogP contribution is 1.82. The molecular weight excluding hydrogens is 105 g/mol. The van der Waals surface area contributed by atoms with Gasteiger partial charge < -0.3 is 5.32 Å². The Bertz CT molecular complexity index is 30.9. The molecule has 0 radical (unpaired) electrons. The van der Waals surface area contributed by atoms with Crippen molar-refractivity contribution in [1.29, 1.82) is 0 Å². The Hall–Kier alpha value is 0.375. The van der Waals surface area contributed by atoms with Crippen molar-refractivity contribution in [3.8, 4) is 0 Å². The van der Waals surface area contributed by atoms with E-state index in [1.165, 1.54) is 7.28 Å². The molecule has 0 aromatic carbocycles. The van der Waals surface area contributed by atoms with Crippen LogP contribution in [0.1, 0.15) is 0 Å². The maximum atomic E-state index is 3.25. The van der Waals surface area contributed by atoms with Crippen LogP contribution in [0.5, 0.6) is 0 Å². The van der Waals surface area contributed by atoms with E-state index in [4.69, 9.17) is 0 Å². The molecule has 0 amide bonds. The Balaban J connectivity index is 2.45. The van der Waals surface area contributed by atoms with Crippen LogP contribution in [0.3, 0.4) is 0 Å². The van der Waals surface area contributed by atoms with E-state index in [-0.39, 0.29) is 0 Å². The van der Waals surface area contributed by atoms with Crippen LogP contribution in [0.4, 0.5) is 0 Å². The van der Waals surface area contributed by atoms with E-state index in [2.05, 4.69) is 18.4 Å². The summed E-state index contributed by atoms with van der Waals surface area (Å²) in [5.74, 6) is 1.09. The zero-order valence-electron chi connectivity index (χ0n) is 5.03. The van der Waals surface area contributed by atoms with Crippen LogP contribution in [-0.2, 0) is 0 Å². The molecule has 0 aromatic rings. The minimum atomic E-state index is 1.09. The Labute approximate surface area is 50.5 Å². The lowest BCUT2D eigenvalue weighted by molar-refractivity contribution is 0.936. The predicted octanol–water partition coefficient (Wildman–Crippen LogP) is 0.339. The summed E-state index contributed by atoms with van der Waals surface area (Å²) >= 11 is 1.83. The summed E-state index contributed by atoms with van der Waals surface area (Å²) in [5, 5.41) is 3.25. The van der Waals surface area contributed by atoms with Gasteiger partial charge in [0.15, 0.2) is 0 Å². The van der Waals surface area contributed by atoms with Gasteiger partial charge in [-0.1, -0.05) is 6.82 Å². The predicted molar refractivity (Wildman–Crippen MR) is 39.4 cm³/mol. The van der Waals surface area contributed by atoms with Gasteiger partial charge in [-0.3, -0.25) is 0 Å². The molecule has 0 heterocycles. The van der Waals surface area contributed by atoms with Crippen LogP contribution in [0.25, 0.3) is 0 Å². The number of hydrogen-bond donors (Lipinski definition) is 1. The molecule has 0 fully saturated rings. The summed E-state index contributed by atoms with van der Waals surface area (Å²) in [7, 11) is 1.24. The van der Waals surface area contributed by atoms with Crippen molar-refractivity contribution in [2.24, 2.45) is 0 Å². The van der Waals surface area contributed by atoms with Crippen LogP contribution >= 0.6 is 11.8 Å². The van der Waals surface area contributed by atoms with Crippen LogP contribution in [0.2, 0.25) is 6.82 Å².